The molecular weight excluding hydrogens is 274 g/mol. The molecule has 1 unspecified atom stereocenters. The molecule has 0 saturated carbocycles. The normalized spacial score (nSPS) is 18.6. The molecule has 8 nitrogen and oxygen atoms in total. The van der Waals surface area contributed by atoms with Crippen molar-refractivity contribution >= 4 is 17.3 Å². The number of ether oxygens (including phenoxy) is 1. The Labute approximate surface area is 123 Å². The van der Waals surface area contributed by atoms with E-state index in [1.165, 1.54) is 12.1 Å². The van der Waals surface area contributed by atoms with Gasteiger partial charge in [-0.25, -0.2) is 10.8 Å². The molecule has 21 heavy (non-hydrogen) atoms. The monoisotopic (exact) mass is 295 g/mol. The van der Waals surface area contributed by atoms with Gasteiger partial charge in [-0.15, -0.1) is 0 Å². The highest BCUT2D eigenvalue weighted by atomic mass is 16.6. The van der Waals surface area contributed by atoms with E-state index < -0.39 is 4.92 Å². The van der Waals surface area contributed by atoms with Gasteiger partial charge in [0.15, 0.2) is 0 Å². The number of piperidine rings is 1. The van der Waals surface area contributed by atoms with Crippen LogP contribution in [0.2, 0.25) is 0 Å². The van der Waals surface area contributed by atoms with Crippen LogP contribution in [0.25, 0.3) is 0 Å². The largest absolute Gasteiger partial charge is 0.376 e. The topological polar surface area (TPSA) is 107 Å². The molecule has 1 aromatic rings. The molecule has 3 N–H and O–H groups in total. The van der Waals surface area contributed by atoms with Crippen molar-refractivity contribution in [1.82, 2.24) is 4.98 Å². The van der Waals surface area contributed by atoms with Gasteiger partial charge in [0.2, 0.25) is 5.82 Å². The Balaban J connectivity index is 2.20. The quantitative estimate of drug-likeness (QED) is 0.467. The Kier molecular flexibility index (Phi) is 5.29. The van der Waals surface area contributed by atoms with Gasteiger partial charge in [0, 0.05) is 25.8 Å². The van der Waals surface area contributed by atoms with Crippen molar-refractivity contribution in [3.63, 3.8) is 0 Å². The summed E-state index contributed by atoms with van der Waals surface area (Å²) in [5.74, 6) is 6.10. The minimum absolute atomic E-state index is 0.00913. The van der Waals surface area contributed by atoms with Crippen molar-refractivity contribution in [1.29, 1.82) is 0 Å². The van der Waals surface area contributed by atoms with Crippen LogP contribution in [-0.2, 0) is 4.74 Å². The standard InChI is InChI=1S/C13H21N5O3/c1-2-8-21-10-4-3-7-17(9-10)13-11(18(19)20)5-6-12(15-13)16-14/h5-6,10H,2-4,7-9,14H2,1H3,(H,15,16). The Morgan fingerprint density at radius 1 is 1.62 bits per heavy atom. The predicted molar refractivity (Wildman–Crippen MR) is 80.2 cm³/mol. The predicted octanol–water partition coefficient (Wildman–Crippen LogP) is 1.67. The van der Waals surface area contributed by atoms with Gasteiger partial charge < -0.3 is 15.1 Å². The third-order valence-corrected chi connectivity index (χ3v) is 3.43. The van der Waals surface area contributed by atoms with Crippen LogP contribution in [0.15, 0.2) is 12.1 Å². The maximum atomic E-state index is 11.2. The maximum Gasteiger partial charge on any atom is 0.311 e. The van der Waals surface area contributed by atoms with Crippen LogP contribution in [0.5, 0.6) is 0 Å². The molecular formula is C13H21N5O3. The molecule has 0 aliphatic carbocycles. The Bertz CT molecular complexity index is 497. The van der Waals surface area contributed by atoms with Gasteiger partial charge in [0.05, 0.1) is 11.0 Å². The number of nitrogens with one attached hydrogen (secondary N) is 1. The Morgan fingerprint density at radius 3 is 3.10 bits per heavy atom. The zero-order chi connectivity index (χ0) is 15.2. The lowest BCUT2D eigenvalue weighted by atomic mass is 10.1. The van der Waals surface area contributed by atoms with E-state index in [1.807, 2.05) is 4.90 Å². The molecule has 2 rings (SSSR count). The summed E-state index contributed by atoms with van der Waals surface area (Å²) in [6, 6.07) is 2.92. The van der Waals surface area contributed by atoms with Crippen molar-refractivity contribution < 1.29 is 9.66 Å². The summed E-state index contributed by atoms with van der Waals surface area (Å²) in [5.41, 5.74) is 2.42. The fraction of sp³-hybridized carbons (Fsp3) is 0.615. The molecule has 1 atom stereocenters. The summed E-state index contributed by atoms with van der Waals surface area (Å²) in [7, 11) is 0. The summed E-state index contributed by atoms with van der Waals surface area (Å²) < 4.78 is 5.76. The number of anilines is 2. The second-order valence-electron chi connectivity index (χ2n) is 5.02. The van der Waals surface area contributed by atoms with Crippen LogP contribution in [0.3, 0.4) is 0 Å². The first-order valence-electron chi connectivity index (χ1n) is 7.14. The first kappa shape index (κ1) is 15.5. The molecule has 2 heterocycles. The van der Waals surface area contributed by atoms with Crippen molar-refractivity contribution in [2.24, 2.45) is 5.84 Å². The average Bonchev–Trinajstić information content (AvgIpc) is 2.52. The zero-order valence-electron chi connectivity index (χ0n) is 12.1. The number of hydrazine groups is 1. The lowest BCUT2D eigenvalue weighted by Crippen LogP contribution is -2.40. The number of aromatic nitrogens is 1. The molecule has 0 amide bonds. The fourth-order valence-corrected chi connectivity index (χ4v) is 2.45. The van der Waals surface area contributed by atoms with Crippen molar-refractivity contribution in [3.05, 3.63) is 22.2 Å². The minimum Gasteiger partial charge on any atom is -0.376 e. The van der Waals surface area contributed by atoms with Gasteiger partial charge in [-0.2, -0.15) is 0 Å². The number of nitrogens with two attached hydrogens (primary N) is 1. The molecule has 1 aliphatic heterocycles. The lowest BCUT2D eigenvalue weighted by Gasteiger charge is -2.33. The molecule has 0 spiro atoms. The lowest BCUT2D eigenvalue weighted by molar-refractivity contribution is -0.384. The van der Waals surface area contributed by atoms with Gasteiger partial charge in [0.1, 0.15) is 5.82 Å². The molecule has 116 valence electrons. The summed E-state index contributed by atoms with van der Waals surface area (Å²) in [4.78, 5) is 16.9. The van der Waals surface area contributed by atoms with E-state index in [9.17, 15) is 10.1 Å². The molecule has 1 aromatic heterocycles. The molecule has 0 radical (unpaired) electrons. The van der Waals surface area contributed by atoms with E-state index in [4.69, 9.17) is 10.6 Å². The van der Waals surface area contributed by atoms with E-state index in [0.29, 0.717) is 24.8 Å². The van der Waals surface area contributed by atoms with Crippen LogP contribution in [0.4, 0.5) is 17.3 Å². The second-order valence-corrected chi connectivity index (χ2v) is 5.02. The van der Waals surface area contributed by atoms with Gasteiger partial charge in [-0.05, 0) is 25.3 Å². The van der Waals surface area contributed by atoms with Gasteiger partial charge in [0.25, 0.3) is 0 Å². The highest BCUT2D eigenvalue weighted by molar-refractivity contribution is 5.61. The van der Waals surface area contributed by atoms with E-state index in [1.54, 1.807) is 0 Å². The first-order valence-corrected chi connectivity index (χ1v) is 7.14. The average molecular weight is 295 g/mol. The number of nitro groups is 1. The zero-order valence-corrected chi connectivity index (χ0v) is 12.1. The van der Waals surface area contributed by atoms with E-state index in [0.717, 1.165) is 25.8 Å². The smallest absolute Gasteiger partial charge is 0.311 e. The number of pyridine rings is 1. The second kappa shape index (κ2) is 7.19. The molecule has 1 aliphatic rings. The summed E-state index contributed by atoms with van der Waals surface area (Å²) in [6.07, 6.45) is 2.95. The first-order chi connectivity index (χ1) is 10.2. The maximum absolute atomic E-state index is 11.2. The number of nitrogen functional groups attached to an aromatic ring is 1. The molecule has 0 bridgehead atoms. The number of nitrogens with zero attached hydrogens (tertiary/aromatic N) is 3. The van der Waals surface area contributed by atoms with Crippen LogP contribution >= 0.6 is 0 Å². The summed E-state index contributed by atoms with van der Waals surface area (Å²) in [5, 5.41) is 11.2. The molecule has 1 saturated heterocycles. The molecule has 8 heteroatoms. The summed E-state index contributed by atoms with van der Waals surface area (Å²) in [6.45, 7) is 4.11. The number of hydrogen-bond acceptors (Lipinski definition) is 7. The van der Waals surface area contributed by atoms with Crippen molar-refractivity contribution in [3.8, 4) is 0 Å². The van der Waals surface area contributed by atoms with E-state index >= 15 is 0 Å². The number of rotatable bonds is 6. The van der Waals surface area contributed by atoms with Crippen LogP contribution in [-0.4, -0.2) is 35.7 Å². The Hall–Kier alpha value is -1.93. The van der Waals surface area contributed by atoms with Crippen LogP contribution in [0, 0.1) is 10.1 Å². The van der Waals surface area contributed by atoms with Crippen LogP contribution in [0.1, 0.15) is 26.2 Å². The van der Waals surface area contributed by atoms with Gasteiger partial charge in [-0.3, -0.25) is 10.1 Å². The highest BCUT2D eigenvalue weighted by Gasteiger charge is 2.27. The Morgan fingerprint density at radius 2 is 2.43 bits per heavy atom. The third-order valence-electron chi connectivity index (χ3n) is 3.43. The van der Waals surface area contributed by atoms with Crippen molar-refractivity contribution in [2.45, 2.75) is 32.3 Å². The highest BCUT2D eigenvalue weighted by Crippen LogP contribution is 2.30. The van der Waals surface area contributed by atoms with Gasteiger partial charge in [-0.1, -0.05) is 6.92 Å². The van der Waals surface area contributed by atoms with Gasteiger partial charge >= 0.3 is 5.69 Å². The van der Waals surface area contributed by atoms with E-state index in [-0.39, 0.29) is 11.8 Å². The van der Waals surface area contributed by atoms with Crippen LogP contribution < -0.4 is 16.2 Å². The fourth-order valence-electron chi connectivity index (χ4n) is 2.45. The number of hydrogen-bond donors (Lipinski definition) is 2. The third kappa shape index (κ3) is 3.79. The van der Waals surface area contributed by atoms with E-state index in [2.05, 4.69) is 17.3 Å². The summed E-state index contributed by atoms with van der Waals surface area (Å²) >= 11 is 0. The van der Waals surface area contributed by atoms with Crippen molar-refractivity contribution in [2.75, 3.05) is 30.0 Å². The molecule has 1 fully saturated rings. The SMILES string of the molecule is CCCOC1CCCN(c2nc(NN)ccc2[N+](=O)[O-])C1. The molecule has 0 aromatic carbocycles. The minimum atomic E-state index is -0.418.